The van der Waals surface area contributed by atoms with E-state index in [9.17, 15) is 34.8 Å². The highest BCUT2D eigenvalue weighted by Gasteiger charge is 2.49. The average Bonchev–Trinajstić information content (AvgIpc) is 2.71. The Bertz CT molecular complexity index is 1090. The molecule has 0 radical (unpaired) electrons. The van der Waals surface area contributed by atoms with Crippen molar-refractivity contribution in [2.45, 2.75) is 44.0 Å². The summed E-state index contributed by atoms with van der Waals surface area (Å²) in [4.78, 5) is 0. The van der Waals surface area contributed by atoms with Crippen molar-refractivity contribution in [3.63, 3.8) is 0 Å². The van der Waals surface area contributed by atoms with Crippen LogP contribution in [0, 0.1) is 0 Å². The van der Waals surface area contributed by atoms with Crippen molar-refractivity contribution in [3.05, 3.63) is 71.0 Å². The molecule has 1 aliphatic rings. The van der Waals surface area contributed by atoms with E-state index in [1.807, 2.05) is 0 Å². The van der Waals surface area contributed by atoms with Crippen molar-refractivity contribution in [3.8, 4) is 5.75 Å². The van der Waals surface area contributed by atoms with Crippen molar-refractivity contribution < 1.29 is 43.7 Å². The number of hydrogen-bond acceptors (Lipinski definition) is 4. The zero-order valence-corrected chi connectivity index (χ0v) is 17.3. The van der Waals surface area contributed by atoms with Gasteiger partial charge in [0.25, 0.3) is 0 Å². The topological polar surface area (TPSA) is 52.6 Å². The van der Waals surface area contributed by atoms with Gasteiger partial charge in [-0.2, -0.15) is 34.8 Å². The fraction of sp³-hybridized carbons (Fsp3) is 0.333. The van der Waals surface area contributed by atoms with Gasteiger partial charge in [-0.15, -0.1) is 0 Å². The number of allylic oxidation sites excluding steroid dienone is 2. The van der Waals surface area contributed by atoms with Gasteiger partial charge in [-0.3, -0.25) is 0 Å². The summed E-state index contributed by atoms with van der Waals surface area (Å²) in [6.07, 6.45) is -4.10. The summed E-state index contributed by atoms with van der Waals surface area (Å²) in [6, 6.07) is 11.3. The normalized spacial score (nSPS) is 15.6. The molecule has 0 unspecified atom stereocenters. The molecule has 0 bridgehead atoms. The fourth-order valence-electron chi connectivity index (χ4n) is 3.24. The molecule has 0 saturated heterocycles. The summed E-state index contributed by atoms with van der Waals surface area (Å²) in [6.45, 7) is -0.0104. The second-order valence-corrected chi connectivity index (χ2v) is 8.61. The van der Waals surface area contributed by atoms with Gasteiger partial charge in [0.15, 0.2) is 0 Å². The zero-order chi connectivity index (χ0) is 23.6. The van der Waals surface area contributed by atoms with Gasteiger partial charge in [-0.1, -0.05) is 30.3 Å². The Balaban J connectivity index is 2.07. The van der Waals surface area contributed by atoms with Gasteiger partial charge in [-0.25, -0.2) is 0 Å². The van der Waals surface area contributed by atoms with Crippen LogP contribution in [0.5, 0.6) is 5.75 Å². The van der Waals surface area contributed by atoms with Crippen molar-refractivity contribution in [1.82, 2.24) is 0 Å². The third kappa shape index (κ3) is 5.56. The maximum atomic E-state index is 13.3. The molecule has 0 atom stereocenters. The Morgan fingerprint density at radius 2 is 1.53 bits per heavy atom. The lowest BCUT2D eigenvalue weighted by Gasteiger charge is -2.23. The smallest absolute Gasteiger partial charge is 0.488 e. The van der Waals surface area contributed by atoms with E-state index >= 15 is 0 Å². The minimum absolute atomic E-state index is 0.0104. The Morgan fingerprint density at radius 3 is 2.16 bits per heavy atom. The lowest BCUT2D eigenvalue weighted by molar-refractivity contribution is -0.137. The first-order valence-electron chi connectivity index (χ1n) is 9.49. The highest BCUT2D eigenvalue weighted by Crippen LogP contribution is 2.42. The zero-order valence-electron chi connectivity index (χ0n) is 16.5. The second kappa shape index (κ2) is 9.05. The van der Waals surface area contributed by atoms with Gasteiger partial charge in [-0.05, 0) is 43.0 Å². The summed E-state index contributed by atoms with van der Waals surface area (Å²) in [5.74, 6) is -0.554. The molecular weight excluding hydrogens is 462 g/mol. The molecule has 174 valence electrons. The van der Waals surface area contributed by atoms with E-state index < -0.39 is 33.1 Å². The van der Waals surface area contributed by atoms with Gasteiger partial charge in [0.1, 0.15) is 18.1 Å². The van der Waals surface area contributed by atoms with Crippen LogP contribution < -0.4 is 4.74 Å². The molecule has 4 nitrogen and oxygen atoms in total. The van der Waals surface area contributed by atoms with Gasteiger partial charge in [0.2, 0.25) is 0 Å². The molecule has 3 rings (SSSR count). The second-order valence-electron chi connectivity index (χ2n) is 7.08. The summed E-state index contributed by atoms with van der Waals surface area (Å²) >= 11 is 0. The summed E-state index contributed by atoms with van der Waals surface area (Å²) in [5.41, 5.74) is -6.20. The van der Waals surface area contributed by atoms with Crippen LogP contribution in [0.15, 0.2) is 54.3 Å². The first-order chi connectivity index (χ1) is 14.9. The Labute approximate surface area is 180 Å². The molecule has 0 aromatic heterocycles. The molecule has 1 aliphatic carbocycles. The number of alkyl halides is 6. The van der Waals surface area contributed by atoms with Crippen LogP contribution in [0.4, 0.5) is 26.3 Å². The van der Waals surface area contributed by atoms with E-state index in [0.29, 0.717) is 18.4 Å². The Kier molecular flexibility index (Phi) is 6.77. The Morgan fingerprint density at radius 1 is 0.875 bits per heavy atom. The fourth-order valence-corrected chi connectivity index (χ4v) is 3.78. The van der Waals surface area contributed by atoms with Crippen LogP contribution in [0.2, 0.25) is 0 Å². The van der Waals surface area contributed by atoms with Gasteiger partial charge in [0, 0.05) is 17.6 Å². The number of halogens is 6. The minimum atomic E-state index is -5.97. The molecule has 0 fully saturated rings. The lowest BCUT2D eigenvalue weighted by atomic mass is 9.90. The number of rotatable bonds is 6. The lowest BCUT2D eigenvalue weighted by Crippen LogP contribution is -2.26. The standard InChI is InChI=1S/C21H18F6O4S/c22-20(23,24)15-10-11-18(30-13-14-6-2-1-3-7-14)17(12-15)16-8-4-5-9-19(16)31-32(28,29)21(25,26)27/h1-3,6-7,10-12H,4-5,8-9,13H2. The summed E-state index contributed by atoms with van der Waals surface area (Å²) in [7, 11) is -5.97. The van der Waals surface area contributed by atoms with E-state index in [1.165, 1.54) is 0 Å². The van der Waals surface area contributed by atoms with E-state index in [-0.39, 0.29) is 36.3 Å². The highest BCUT2D eigenvalue weighted by molar-refractivity contribution is 7.87. The predicted octanol–water partition coefficient (Wildman–Crippen LogP) is 6.44. The van der Waals surface area contributed by atoms with Crippen LogP contribution >= 0.6 is 0 Å². The first kappa shape index (κ1) is 24.0. The molecule has 0 N–H and O–H groups in total. The third-order valence-electron chi connectivity index (χ3n) is 4.78. The van der Waals surface area contributed by atoms with Crippen molar-refractivity contribution in [2.75, 3.05) is 0 Å². The van der Waals surface area contributed by atoms with Crippen molar-refractivity contribution in [1.29, 1.82) is 0 Å². The van der Waals surface area contributed by atoms with Gasteiger partial charge >= 0.3 is 21.8 Å². The average molecular weight is 480 g/mol. The summed E-state index contributed by atoms with van der Waals surface area (Å²) < 4.78 is 111. The van der Waals surface area contributed by atoms with Crippen LogP contribution in [-0.4, -0.2) is 13.9 Å². The third-order valence-corrected chi connectivity index (χ3v) is 5.77. The first-order valence-corrected chi connectivity index (χ1v) is 10.9. The molecule has 32 heavy (non-hydrogen) atoms. The maximum absolute atomic E-state index is 13.3. The van der Waals surface area contributed by atoms with Gasteiger partial charge in [0.05, 0.1) is 5.56 Å². The predicted molar refractivity (Wildman–Crippen MR) is 104 cm³/mol. The molecule has 0 spiro atoms. The van der Waals surface area contributed by atoms with E-state index in [1.54, 1.807) is 30.3 Å². The molecule has 2 aromatic rings. The molecule has 0 heterocycles. The Hall–Kier alpha value is -2.69. The van der Waals surface area contributed by atoms with Crippen LogP contribution in [-0.2, 0) is 27.1 Å². The molecule has 2 aromatic carbocycles. The molecule has 0 amide bonds. The van der Waals surface area contributed by atoms with Crippen LogP contribution in [0.1, 0.15) is 42.4 Å². The van der Waals surface area contributed by atoms with Crippen LogP contribution in [0.3, 0.4) is 0 Å². The number of ether oxygens (including phenoxy) is 1. The van der Waals surface area contributed by atoms with E-state index in [0.717, 1.165) is 18.2 Å². The maximum Gasteiger partial charge on any atom is 0.534 e. The highest BCUT2D eigenvalue weighted by atomic mass is 32.2. The van der Waals surface area contributed by atoms with E-state index in [4.69, 9.17) is 4.74 Å². The van der Waals surface area contributed by atoms with Crippen molar-refractivity contribution in [2.24, 2.45) is 0 Å². The number of benzene rings is 2. The summed E-state index contributed by atoms with van der Waals surface area (Å²) in [5, 5.41) is 0. The van der Waals surface area contributed by atoms with Crippen LogP contribution in [0.25, 0.3) is 5.57 Å². The molecule has 0 aliphatic heterocycles. The largest absolute Gasteiger partial charge is 0.534 e. The molecular formula is C21H18F6O4S. The number of hydrogen-bond donors (Lipinski definition) is 0. The van der Waals surface area contributed by atoms with Crippen molar-refractivity contribution >= 4 is 15.7 Å². The minimum Gasteiger partial charge on any atom is -0.488 e. The molecule has 11 heteroatoms. The monoisotopic (exact) mass is 480 g/mol. The SMILES string of the molecule is O=S(=O)(OC1=C(c2cc(C(F)(F)F)ccc2OCc2ccccc2)CCCC1)C(F)(F)F. The van der Waals surface area contributed by atoms with Gasteiger partial charge < -0.3 is 8.92 Å². The quantitative estimate of drug-likeness (QED) is 0.271. The molecule has 0 saturated carbocycles. The van der Waals surface area contributed by atoms with E-state index in [2.05, 4.69) is 4.18 Å².